The minimum Gasteiger partial charge on any atom is -0.423 e. The molecule has 0 amide bonds. The maximum atomic E-state index is 14.5. The Bertz CT molecular complexity index is 854. The molecule has 0 saturated heterocycles. The quantitative estimate of drug-likeness (QED) is 0.183. The van der Waals surface area contributed by atoms with Crippen LogP contribution in [-0.2, 0) is 17.6 Å². The number of aryl methyl sites for hydroxylation is 2. The van der Waals surface area contributed by atoms with Gasteiger partial charge in [0, 0.05) is 0 Å². The fourth-order valence-electron chi connectivity index (χ4n) is 4.81. The number of hydrogen-bond acceptors (Lipinski definition) is 2. The van der Waals surface area contributed by atoms with Crippen molar-refractivity contribution >= 4 is 5.97 Å². The topological polar surface area (TPSA) is 26.3 Å². The summed E-state index contributed by atoms with van der Waals surface area (Å²) in [6.45, 7) is 2.24. The van der Waals surface area contributed by atoms with Crippen molar-refractivity contribution in [2.75, 3.05) is 0 Å². The van der Waals surface area contributed by atoms with Crippen LogP contribution in [0.2, 0.25) is 0 Å². The third-order valence-electron chi connectivity index (χ3n) is 6.97. The van der Waals surface area contributed by atoms with Crippen LogP contribution in [0.1, 0.15) is 88.7 Å². The Hall–Kier alpha value is -2.23. The lowest BCUT2D eigenvalue weighted by molar-refractivity contribution is -0.140. The van der Waals surface area contributed by atoms with E-state index in [4.69, 9.17) is 4.74 Å². The Morgan fingerprint density at radius 3 is 2.18 bits per heavy atom. The lowest BCUT2D eigenvalue weighted by atomic mass is 9.80. The molecule has 0 spiro atoms. The van der Waals surface area contributed by atoms with Gasteiger partial charge in [0.15, 0.2) is 11.6 Å². The molecule has 1 saturated carbocycles. The minimum atomic E-state index is -0.503. The molecule has 4 heteroatoms. The molecule has 2 aromatic rings. The number of ether oxygens (including phenoxy) is 1. The number of rotatable bonds is 12. The second-order valence-corrected chi connectivity index (χ2v) is 9.59. The van der Waals surface area contributed by atoms with Crippen molar-refractivity contribution < 1.29 is 18.3 Å². The van der Waals surface area contributed by atoms with E-state index in [1.165, 1.54) is 63.1 Å². The summed E-state index contributed by atoms with van der Waals surface area (Å²) >= 11 is 0. The second kappa shape index (κ2) is 13.5. The van der Waals surface area contributed by atoms with Crippen molar-refractivity contribution in [1.29, 1.82) is 0 Å². The largest absolute Gasteiger partial charge is 0.423 e. The van der Waals surface area contributed by atoms with E-state index in [0.717, 1.165) is 42.7 Å². The number of halogens is 2. The molecule has 180 valence electrons. The van der Waals surface area contributed by atoms with E-state index in [0.29, 0.717) is 12.8 Å². The first kappa shape index (κ1) is 25.4. The number of unbranched alkanes of at least 4 members (excludes halogenated alkanes) is 5. The molecule has 3 rings (SSSR count). The molecule has 0 radical (unpaired) electrons. The summed E-state index contributed by atoms with van der Waals surface area (Å²) in [5.41, 5.74) is 1.83. The maximum absolute atomic E-state index is 14.5. The molecule has 2 nitrogen and oxygen atoms in total. The third-order valence-corrected chi connectivity index (χ3v) is 6.97. The van der Waals surface area contributed by atoms with Crippen molar-refractivity contribution in [3.63, 3.8) is 0 Å². The molecule has 0 unspecified atom stereocenters. The van der Waals surface area contributed by atoms with Gasteiger partial charge in [-0.25, -0.2) is 8.78 Å². The monoisotopic (exact) mass is 456 g/mol. The Morgan fingerprint density at radius 2 is 1.48 bits per heavy atom. The van der Waals surface area contributed by atoms with Gasteiger partial charge in [0.05, 0.1) is 5.92 Å². The van der Waals surface area contributed by atoms with Crippen molar-refractivity contribution in [1.82, 2.24) is 0 Å². The van der Waals surface area contributed by atoms with E-state index >= 15 is 0 Å². The molecular formula is C29H38F2O2. The molecule has 1 aliphatic carbocycles. The first-order valence-corrected chi connectivity index (χ1v) is 12.8. The molecule has 1 fully saturated rings. The van der Waals surface area contributed by atoms with E-state index < -0.39 is 5.82 Å². The molecule has 0 N–H and O–H groups in total. The van der Waals surface area contributed by atoms with Gasteiger partial charge in [-0.05, 0) is 79.8 Å². The zero-order valence-electron chi connectivity index (χ0n) is 20.0. The summed E-state index contributed by atoms with van der Waals surface area (Å²) in [5.74, 6) is -0.453. The Morgan fingerprint density at radius 1 is 0.848 bits per heavy atom. The third kappa shape index (κ3) is 8.57. The highest BCUT2D eigenvalue weighted by atomic mass is 19.1. The van der Waals surface area contributed by atoms with Gasteiger partial charge in [-0.15, -0.1) is 0 Å². The highest BCUT2D eigenvalue weighted by Crippen LogP contribution is 2.33. The van der Waals surface area contributed by atoms with Gasteiger partial charge in [0.2, 0.25) is 0 Å². The summed E-state index contributed by atoms with van der Waals surface area (Å²) < 4.78 is 33.0. The molecule has 0 aliphatic heterocycles. The van der Waals surface area contributed by atoms with E-state index in [9.17, 15) is 13.6 Å². The smallest absolute Gasteiger partial charge is 0.314 e. The number of hydrogen-bond donors (Lipinski definition) is 0. The van der Waals surface area contributed by atoms with Crippen molar-refractivity contribution in [2.24, 2.45) is 11.8 Å². The average Bonchev–Trinajstić information content (AvgIpc) is 2.83. The standard InChI is InChI=1S/C29H38F2O2/c1-2-3-4-5-6-7-8-22-11-16-25(17-12-22)29(32)33-28-20-15-24(21-27(28)31)10-9-23-13-18-26(30)19-14-23/h13-15,18-22,25H,2-12,16-17H2,1H3/t22-,25-. The number of carbonyl (C=O) groups excluding carboxylic acids is 1. The zero-order valence-corrected chi connectivity index (χ0v) is 20.0. The molecule has 0 bridgehead atoms. The maximum Gasteiger partial charge on any atom is 0.314 e. The summed E-state index contributed by atoms with van der Waals surface area (Å²) in [5, 5.41) is 0. The number of carbonyl (C=O) groups is 1. The van der Waals surface area contributed by atoms with Crippen LogP contribution in [0.3, 0.4) is 0 Å². The van der Waals surface area contributed by atoms with Crippen LogP contribution >= 0.6 is 0 Å². The van der Waals surface area contributed by atoms with Crippen molar-refractivity contribution in [3.05, 3.63) is 65.2 Å². The average molecular weight is 457 g/mol. The summed E-state index contributed by atoms with van der Waals surface area (Å²) in [6.07, 6.45) is 14.4. The van der Waals surface area contributed by atoms with Gasteiger partial charge < -0.3 is 4.74 Å². The summed E-state index contributed by atoms with van der Waals surface area (Å²) in [6, 6.07) is 11.1. The van der Waals surface area contributed by atoms with Crippen LogP contribution < -0.4 is 4.74 Å². The molecule has 33 heavy (non-hydrogen) atoms. The first-order valence-electron chi connectivity index (χ1n) is 12.8. The normalized spacial score (nSPS) is 18.3. The SMILES string of the molecule is CCCCCCCC[C@H]1CC[C@H](C(=O)Oc2ccc(CCc3ccc(F)cc3)cc2F)CC1. The number of benzene rings is 2. The van der Waals surface area contributed by atoms with Crippen LogP contribution in [-0.4, -0.2) is 5.97 Å². The van der Waals surface area contributed by atoms with Crippen LogP contribution in [0.15, 0.2) is 42.5 Å². The van der Waals surface area contributed by atoms with Gasteiger partial charge in [-0.2, -0.15) is 0 Å². The van der Waals surface area contributed by atoms with E-state index in [2.05, 4.69) is 6.92 Å². The second-order valence-electron chi connectivity index (χ2n) is 9.59. The van der Waals surface area contributed by atoms with Gasteiger partial charge in [0.25, 0.3) is 0 Å². The van der Waals surface area contributed by atoms with E-state index in [1.807, 2.05) is 0 Å². The van der Waals surface area contributed by atoms with Crippen molar-refractivity contribution in [3.8, 4) is 5.75 Å². The highest BCUT2D eigenvalue weighted by molar-refractivity contribution is 5.75. The first-order chi connectivity index (χ1) is 16.0. The molecule has 2 aromatic carbocycles. The Labute approximate surface area is 197 Å². The van der Waals surface area contributed by atoms with Crippen LogP contribution in [0.25, 0.3) is 0 Å². The van der Waals surface area contributed by atoms with Gasteiger partial charge >= 0.3 is 5.97 Å². The van der Waals surface area contributed by atoms with E-state index in [1.54, 1.807) is 24.3 Å². The van der Waals surface area contributed by atoms with E-state index in [-0.39, 0.29) is 23.5 Å². The van der Waals surface area contributed by atoms with Crippen molar-refractivity contribution in [2.45, 2.75) is 90.4 Å². The van der Waals surface area contributed by atoms with Crippen LogP contribution in [0.4, 0.5) is 8.78 Å². The molecule has 0 aromatic heterocycles. The molecule has 1 aliphatic rings. The van der Waals surface area contributed by atoms with Gasteiger partial charge in [-0.1, -0.05) is 70.1 Å². The lowest BCUT2D eigenvalue weighted by Crippen LogP contribution is -2.26. The fourth-order valence-corrected chi connectivity index (χ4v) is 4.81. The molecule has 0 heterocycles. The predicted octanol–water partition coefficient (Wildman–Crippen LogP) is 8.21. The summed E-state index contributed by atoms with van der Waals surface area (Å²) in [7, 11) is 0. The highest BCUT2D eigenvalue weighted by Gasteiger charge is 2.28. The zero-order chi connectivity index (χ0) is 23.5. The van der Waals surface area contributed by atoms with Crippen LogP contribution in [0.5, 0.6) is 5.75 Å². The Kier molecular flexibility index (Phi) is 10.4. The molecular weight excluding hydrogens is 418 g/mol. The fraction of sp³-hybridized carbons (Fsp3) is 0.552. The predicted molar refractivity (Wildman–Crippen MR) is 129 cm³/mol. The molecule has 0 atom stereocenters. The van der Waals surface area contributed by atoms with Crippen LogP contribution in [0, 0.1) is 23.5 Å². The Balaban J connectivity index is 1.39. The summed E-state index contributed by atoms with van der Waals surface area (Å²) in [4.78, 5) is 12.6. The minimum absolute atomic E-state index is 0.0136. The lowest BCUT2D eigenvalue weighted by Gasteiger charge is -2.27. The number of esters is 1. The van der Waals surface area contributed by atoms with Gasteiger partial charge in [-0.3, -0.25) is 4.79 Å². The van der Waals surface area contributed by atoms with Gasteiger partial charge in [0.1, 0.15) is 5.82 Å².